The predicted octanol–water partition coefficient (Wildman–Crippen LogP) is 1.13. The van der Waals surface area contributed by atoms with Gasteiger partial charge in [-0.3, -0.25) is 4.90 Å². The van der Waals surface area contributed by atoms with Crippen molar-refractivity contribution in [2.75, 3.05) is 19.6 Å². The Hall–Kier alpha value is -0.870. The SMILES string of the molecule is Cc1nc(C(CN)N2CCCC2)c(C)n1C. The number of hydrogen-bond donors (Lipinski definition) is 1. The molecule has 0 saturated carbocycles. The second-order valence-electron chi connectivity index (χ2n) is 4.68. The Morgan fingerprint density at radius 1 is 1.31 bits per heavy atom. The van der Waals surface area contributed by atoms with Gasteiger partial charge in [0.1, 0.15) is 5.82 Å². The summed E-state index contributed by atoms with van der Waals surface area (Å²) in [6.07, 6.45) is 2.59. The molecule has 2 heterocycles. The monoisotopic (exact) mass is 222 g/mol. The molecule has 1 aromatic rings. The molecule has 1 saturated heterocycles. The zero-order chi connectivity index (χ0) is 11.7. The summed E-state index contributed by atoms with van der Waals surface area (Å²) in [4.78, 5) is 7.13. The summed E-state index contributed by atoms with van der Waals surface area (Å²) in [7, 11) is 2.07. The molecule has 1 aliphatic rings. The third-order valence-corrected chi connectivity index (χ3v) is 3.76. The second kappa shape index (κ2) is 4.55. The van der Waals surface area contributed by atoms with Crippen LogP contribution in [0.5, 0.6) is 0 Å². The van der Waals surface area contributed by atoms with Crippen LogP contribution in [0.4, 0.5) is 0 Å². The summed E-state index contributed by atoms with van der Waals surface area (Å²) in [6.45, 7) is 7.17. The van der Waals surface area contributed by atoms with Crippen LogP contribution in [0.15, 0.2) is 0 Å². The first kappa shape index (κ1) is 11.6. The third kappa shape index (κ3) is 1.87. The van der Waals surface area contributed by atoms with Crippen LogP contribution in [0.3, 0.4) is 0 Å². The molecule has 1 fully saturated rings. The molecule has 1 aromatic heterocycles. The summed E-state index contributed by atoms with van der Waals surface area (Å²) in [5, 5.41) is 0. The van der Waals surface area contributed by atoms with Crippen molar-refractivity contribution in [3.05, 3.63) is 17.2 Å². The summed E-state index contributed by atoms with van der Waals surface area (Å²) in [6, 6.07) is 0.308. The largest absolute Gasteiger partial charge is 0.335 e. The number of hydrogen-bond acceptors (Lipinski definition) is 3. The number of imidazole rings is 1. The van der Waals surface area contributed by atoms with E-state index < -0.39 is 0 Å². The zero-order valence-corrected chi connectivity index (χ0v) is 10.5. The van der Waals surface area contributed by atoms with Crippen molar-refractivity contribution in [1.82, 2.24) is 14.5 Å². The van der Waals surface area contributed by atoms with Gasteiger partial charge in [-0.1, -0.05) is 0 Å². The number of aromatic nitrogens is 2. The summed E-state index contributed by atoms with van der Waals surface area (Å²) in [5.41, 5.74) is 8.34. The van der Waals surface area contributed by atoms with Crippen LogP contribution in [-0.2, 0) is 7.05 Å². The van der Waals surface area contributed by atoms with E-state index in [1.807, 2.05) is 6.92 Å². The van der Waals surface area contributed by atoms with E-state index in [4.69, 9.17) is 5.73 Å². The highest BCUT2D eigenvalue weighted by Crippen LogP contribution is 2.25. The average molecular weight is 222 g/mol. The minimum absolute atomic E-state index is 0.308. The molecule has 1 unspecified atom stereocenters. The molecular weight excluding hydrogens is 200 g/mol. The molecule has 0 amide bonds. The molecule has 0 bridgehead atoms. The van der Waals surface area contributed by atoms with Crippen LogP contribution >= 0.6 is 0 Å². The number of aryl methyl sites for hydroxylation is 1. The van der Waals surface area contributed by atoms with Gasteiger partial charge in [0.15, 0.2) is 0 Å². The standard InChI is InChI=1S/C12H22N4/c1-9-12(14-10(2)15(9)3)11(8-13)16-6-4-5-7-16/h11H,4-8,13H2,1-3H3. The molecule has 1 aliphatic heterocycles. The Balaban J connectivity index is 2.28. The molecule has 4 heteroatoms. The van der Waals surface area contributed by atoms with E-state index in [0.29, 0.717) is 12.6 Å². The first-order valence-electron chi connectivity index (χ1n) is 6.09. The highest BCUT2D eigenvalue weighted by molar-refractivity contribution is 5.19. The number of rotatable bonds is 3. The fourth-order valence-electron chi connectivity index (χ4n) is 2.55. The van der Waals surface area contributed by atoms with Crippen molar-refractivity contribution in [2.24, 2.45) is 12.8 Å². The van der Waals surface area contributed by atoms with Crippen LogP contribution in [0.25, 0.3) is 0 Å². The van der Waals surface area contributed by atoms with Gasteiger partial charge in [-0.15, -0.1) is 0 Å². The molecule has 0 radical (unpaired) electrons. The zero-order valence-electron chi connectivity index (χ0n) is 10.5. The number of nitrogens with zero attached hydrogens (tertiary/aromatic N) is 3. The lowest BCUT2D eigenvalue weighted by Crippen LogP contribution is -2.32. The molecule has 0 aromatic carbocycles. The highest BCUT2D eigenvalue weighted by Gasteiger charge is 2.26. The van der Waals surface area contributed by atoms with E-state index in [0.717, 1.165) is 18.9 Å². The van der Waals surface area contributed by atoms with Gasteiger partial charge in [0.2, 0.25) is 0 Å². The third-order valence-electron chi connectivity index (χ3n) is 3.76. The van der Waals surface area contributed by atoms with Gasteiger partial charge in [0.25, 0.3) is 0 Å². The van der Waals surface area contributed by atoms with Gasteiger partial charge in [-0.05, 0) is 39.8 Å². The fourth-order valence-corrected chi connectivity index (χ4v) is 2.55. The molecule has 90 valence electrons. The predicted molar refractivity (Wildman–Crippen MR) is 65.3 cm³/mol. The second-order valence-corrected chi connectivity index (χ2v) is 4.68. The minimum Gasteiger partial charge on any atom is -0.335 e. The molecule has 0 spiro atoms. The first-order valence-corrected chi connectivity index (χ1v) is 6.09. The Morgan fingerprint density at radius 3 is 2.38 bits per heavy atom. The van der Waals surface area contributed by atoms with Crippen molar-refractivity contribution >= 4 is 0 Å². The van der Waals surface area contributed by atoms with Crippen molar-refractivity contribution in [2.45, 2.75) is 32.7 Å². The van der Waals surface area contributed by atoms with Crippen molar-refractivity contribution in [1.29, 1.82) is 0 Å². The smallest absolute Gasteiger partial charge is 0.105 e. The van der Waals surface area contributed by atoms with Gasteiger partial charge >= 0.3 is 0 Å². The number of likely N-dealkylation sites (tertiary alicyclic amines) is 1. The Morgan fingerprint density at radius 2 is 1.94 bits per heavy atom. The van der Waals surface area contributed by atoms with Gasteiger partial charge in [0, 0.05) is 19.3 Å². The fraction of sp³-hybridized carbons (Fsp3) is 0.750. The summed E-state index contributed by atoms with van der Waals surface area (Å²) < 4.78 is 2.15. The minimum atomic E-state index is 0.308. The van der Waals surface area contributed by atoms with Crippen LogP contribution in [-0.4, -0.2) is 34.1 Å². The van der Waals surface area contributed by atoms with Gasteiger partial charge in [0.05, 0.1) is 11.7 Å². The molecular formula is C12H22N4. The highest BCUT2D eigenvalue weighted by atomic mass is 15.2. The maximum atomic E-state index is 5.92. The lowest BCUT2D eigenvalue weighted by atomic mass is 10.1. The van der Waals surface area contributed by atoms with E-state index in [9.17, 15) is 0 Å². The lowest BCUT2D eigenvalue weighted by molar-refractivity contribution is 0.246. The van der Waals surface area contributed by atoms with E-state index in [2.05, 4.69) is 28.4 Å². The Bertz CT molecular complexity index is 363. The normalized spacial score (nSPS) is 19.2. The van der Waals surface area contributed by atoms with Gasteiger partial charge in [-0.2, -0.15) is 0 Å². The van der Waals surface area contributed by atoms with E-state index in [-0.39, 0.29) is 0 Å². The van der Waals surface area contributed by atoms with Crippen LogP contribution in [0.1, 0.15) is 36.1 Å². The molecule has 4 nitrogen and oxygen atoms in total. The van der Waals surface area contributed by atoms with Crippen molar-refractivity contribution < 1.29 is 0 Å². The van der Waals surface area contributed by atoms with Gasteiger partial charge < -0.3 is 10.3 Å². The maximum absolute atomic E-state index is 5.92. The number of nitrogens with two attached hydrogens (primary N) is 1. The lowest BCUT2D eigenvalue weighted by Gasteiger charge is -2.25. The average Bonchev–Trinajstić information content (AvgIpc) is 2.86. The summed E-state index contributed by atoms with van der Waals surface area (Å²) >= 11 is 0. The van der Waals surface area contributed by atoms with Crippen molar-refractivity contribution in [3.8, 4) is 0 Å². The van der Waals surface area contributed by atoms with E-state index in [1.54, 1.807) is 0 Å². The Kier molecular flexibility index (Phi) is 3.30. The molecule has 0 aliphatic carbocycles. The topological polar surface area (TPSA) is 47.1 Å². The van der Waals surface area contributed by atoms with Crippen LogP contribution in [0.2, 0.25) is 0 Å². The molecule has 1 atom stereocenters. The maximum Gasteiger partial charge on any atom is 0.105 e. The van der Waals surface area contributed by atoms with E-state index in [1.165, 1.54) is 24.2 Å². The van der Waals surface area contributed by atoms with Gasteiger partial charge in [-0.25, -0.2) is 4.98 Å². The molecule has 16 heavy (non-hydrogen) atoms. The molecule has 2 N–H and O–H groups in total. The molecule has 2 rings (SSSR count). The van der Waals surface area contributed by atoms with Crippen LogP contribution in [0, 0.1) is 13.8 Å². The van der Waals surface area contributed by atoms with Crippen LogP contribution < -0.4 is 5.73 Å². The quantitative estimate of drug-likeness (QED) is 0.834. The van der Waals surface area contributed by atoms with E-state index >= 15 is 0 Å². The Labute approximate surface area is 97.4 Å². The first-order chi connectivity index (χ1) is 7.65. The van der Waals surface area contributed by atoms with Crippen molar-refractivity contribution in [3.63, 3.8) is 0 Å². The summed E-state index contributed by atoms with van der Waals surface area (Å²) in [5.74, 6) is 1.07.